The molecule has 5 rings (SSSR count). The molecule has 1 amide bonds. The molecule has 0 bridgehead atoms. The van der Waals surface area contributed by atoms with Gasteiger partial charge in [-0.2, -0.15) is 0 Å². The van der Waals surface area contributed by atoms with Gasteiger partial charge in [-0.1, -0.05) is 97.1 Å². The molecule has 8 heteroatoms. The molecule has 0 aliphatic carbocycles. The maximum atomic E-state index is 14.1. The first-order chi connectivity index (χ1) is 20.6. The summed E-state index contributed by atoms with van der Waals surface area (Å²) in [4.78, 5) is 36.6. The van der Waals surface area contributed by atoms with Crippen LogP contribution in [0.5, 0.6) is 0 Å². The molecule has 8 nitrogen and oxygen atoms in total. The second-order valence-corrected chi connectivity index (χ2v) is 9.38. The summed E-state index contributed by atoms with van der Waals surface area (Å²) in [6.45, 7) is 0.662. The Morgan fingerprint density at radius 2 is 1.57 bits per heavy atom. The SMILES string of the molecule is COC(=O)OC/C=C/CN(Cc1ccccc1)C(=O)c1cnc(-c2cccc3ccccc23)nc1Nc1ccccc1. The molecular weight excluding hydrogens is 528 g/mol. The van der Waals surface area contributed by atoms with Crippen LogP contribution in [-0.4, -0.2) is 47.2 Å². The van der Waals surface area contributed by atoms with Crippen molar-refractivity contribution in [3.05, 3.63) is 133 Å². The van der Waals surface area contributed by atoms with Crippen molar-refractivity contribution in [2.24, 2.45) is 0 Å². The third-order valence-electron chi connectivity index (χ3n) is 6.55. The second-order valence-electron chi connectivity index (χ2n) is 9.38. The second kappa shape index (κ2) is 13.7. The summed E-state index contributed by atoms with van der Waals surface area (Å²) in [5.74, 6) is 0.664. The molecule has 1 aromatic heterocycles. The number of ether oxygens (including phenoxy) is 2. The summed E-state index contributed by atoms with van der Waals surface area (Å²) in [7, 11) is 1.25. The number of benzene rings is 4. The number of amides is 1. The average Bonchev–Trinajstić information content (AvgIpc) is 3.04. The van der Waals surface area contributed by atoms with E-state index in [-0.39, 0.29) is 19.1 Å². The molecule has 0 saturated carbocycles. The highest BCUT2D eigenvalue weighted by Gasteiger charge is 2.22. The number of methoxy groups -OCH3 is 1. The zero-order valence-corrected chi connectivity index (χ0v) is 23.1. The number of fused-ring (bicyclic) bond motifs is 1. The first-order valence-electron chi connectivity index (χ1n) is 13.5. The van der Waals surface area contributed by atoms with Crippen molar-refractivity contribution in [1.29, 1.82) is 0 Å². The lowest BCUT2D eigenvalue weighted by Gasteiger charge is -2.23. The minimum absolute atomic E-state index is 0.0314. The van der Waals surface area contributed by atoms with E-state index >= 15 is 0 Å². The van der Waals surface area contributed by atoms with Crippen LogP contribution in [0.4, 0.5) is 16.3 Å². The van der Waals surface area contributed by atoms with Crippen LogP contribution < -0.4 is 5.32 Å². The Kier molecular flexibility index (Phi) is 9.16. The van der Waals surface area contributed by atoms with E-state index in [4.69, 9.17) is 9.72 Å². The number of rotatable bonds is 10. The number of hydrogen-bond donors (Lipinski definition) is 1. The lowest BCUT2D eigenvalue weighted by atomic mass is 10.0. The van der Waals surface area contributed by atoms with Crippen LogP contribution in [0.25, 0.3) is 22.2 Å². The monoisotopic (exact) mass is 558 g/mol. The van der Waals surface area contributed by atoms with E-state index in [1.54, 1.807) is 23.2 Å². The zero-order chi connectivity index (χ0) is 29.1. The number of anilines is 2. The van der Waals surface area contributed by atoms with Crippen molar-refractivity contribution in [3.63, 3.8) is 0 Å². The molecule has 0 spiro atoms. The molecule has 0 unspecified atom stereocenters. The van der Waals surface area contributed by atoms with Gasteiger partial charge in [-0.05, 0) is 34.5 Å². The van der Waals surface area contributed by atoms with Crippen molar-refractivity contribution in [3.8, 4) is 11.4 Å². The highest BCUT2D eigenvalue weighted by molar-refractivity contribution is 6.00. The molecule has 1 N–H and O–H groups in total. The van der Waals surface area contributed by atoms with Gasteiger partial charge in [0, 0.05) is 30.5 Å². The fraction of sp³-hybridized carbons (Fsp3) is 0.118. The minimum Gasteiger partial charge on any atom is -0.438 e. The average molecular weight is 559 g/mol. The summed E-state index contributed by atoms with van der Waals surface area (Å²) in [5.41, 5.74) is 2.97. The molecular formula is C34H30N4O4. The van der Waals surface area contributed by atoms with Crippen LogP contribution in [-0.2, 0) is 16.0 Å². The summed E-state index contributed by atoms with van der Waals surface area (Å²) in [6, 6.07) is 33.4. The molecule has 0 saturated heterocycles. The minimum atomic E-state index is -0.767. The lowest BCUT2D eigenvalue weighted by molar-refractivity contribution is 0.0756. The van der Waals surface area contributed by atoms with Crippen molar-refractivity contribution < 1.29 is 19.1 Å². The Hall–Kier alpha value is -5.50. The third-order valence-corrected chi connectivity index (χ3v) is 6.55. The maximum absolute atomic E-state index is 14.1. The summed E-state index contributed by atoms with van der Waals surface area (Å²) in [5, 5.41) is 5.44. The van der Waals surface area contributed by atoms with E-state index in [1.165, 1.54) is 7.11 Å². The molecule has 0 aliphatic heterocycles. The smallest absolute Gasteiger partial charge is 0.438 e. The molecule has 0 atom stereocenters. The summed E-state index contributed by atoms with van der Waals surface area (Å²) in [6.07, 6.45) is 4.27. The number of aromatic nitrogens is 2. The summed E-state index contributed by atoms with van der Waals surface area (Å²) < 4.78 is 9.43. The number of carbonyl (C=O) groups is 2. The van der Waals surface area contributed by atoms with E-state index in [9.17, 15) is 9.59 Å². The predicted octanol–water partition coefficient (Wildman–Crippen LogP) is 7.02. The van der Waals surface area contributed by atoms with Crippen LogP contribution in [0.2, 0.25) is 0 Å². The van der Waals surface area contributed by atoms with E-state index in [1.807, 2.05) is 103 Å². The molecule has 1 heterocycles. The molecule has 42 heavy (non-hydrogen) atoms. The highest BCUT2D eigenvalue weighted by atomic mass is 16.7. The van der Waals surface area contributed by atoms with E-state index in [0.717, 1.165) is 27.6 Å². The van der Waals surface area contributed by atoms with Crippen molar-refractivity contribution in [2.45, 2.75) is 6.54 Å². The molecule has 0 aliphatic rings. The quantitative estimate of drug-likeness (QED) is 0.145. The van der Waals surface area contributed by atoms with Gasteiger partial charge >= 0.3 is 6.16 Å². The van der Waals surface area contributed by atoms with Crippen LogP contribution in [0.15, 0.2) is 121 Å². The van der Waals surface area contributed by atoms with Crippen LogP contribution in [0.1, 0.15) is 15.9 Å². The predicted molar refractivity (Wildman–Crippen MR) is 163 cm³/mol. The Morgan fingerprint density at radius 1 is 0.857 bits per heavy atom. The van der Waals surface area contributed by atoms with Gasteiger partial charge in [-0.3, -0.25) is 4.79 Å². The molecule has 0 radical (unpaired) electrons. The van der Waals surface area contributed by atoms with Gasteiger partial charge in [0.1, 0.15) is 18.0 Å². The van der Waals surface area contributed by atoms with Gasteiger partial charge in [-0.15, -0.1) is 0 Å². The van der Waals surface area contributed by atoms with Crippen molar-refractivity contribution >= 4 is 34.3 Å². The summed E-state index contributed by atoms with van der Waals surface area (Å²) >= 11 is 0. The fourth-order valence-electron chi connectivity index (χ4n) is 4.48. The van der Waals surface area contributed by atoms with Crippen LogP contribution in [0, 0.1) is 0 Å². The topological polar surface area (TPSA) is 93.7 Å². The van der Waals surface area contributed by atoms with Gasteiger partial charge in [0.15, 0.2) is 5.82 Å². The highest BCUT2D eigenvalue weighted by Crippen LogP contribution is 2.29. The Bertz CT molecular complexity index is 1690. The molecule has 0 fully saturated rings. The molecule has 210 valence electrons. The van der Waals surface area contributed by atoms with Crippen molar-refractivity contribution in [1.82, 2.24) is 14.9 Å². The number of nitrogens with one attached hydrogen (secondary N) is 1. The standard InChI is InChI=1S/C34H30N4O4/c1-41-34(40)42-22-11-10-21-38(24-25-13-4-2-5-14-25)33(39)30-23-35-31(37-32(30)36-27-17-6-3-7-18-27)29-20-12-16-26-15-8-9-19-28(26)29/h2-20,23H,21-22,24H2,1H3,(H,35,36,37)/b11-10+. The van der Waals surface area contributed by atoms with Crippen LogP contribution in [0.3, 0.4) is 0 Å². The van der Waals surface area contributed by atoms with E-state index in [2.05, 4.69) is 15.0 Å². The Balaban J connectivity index is 1.50. The first-order valence-corrected chi connectivity index (χ1v) is 13.5. The van der Waals surface area contributed by atoms with Crippen molar-refractivity contribution in [2.75, 3.05) is 25.6 Å². The van der Waals surface area contributed by atoms with Gasteiger partial charge in [0.25, 0.3) is 5.91 Å². The molecule has 5 aromatic rings. The van der Waals surface area contributed by atoms with Gasteiger partial charge in [0.05, 0.1) is 7.11 Å². The van der Waals surface area contributed by atoms with E-state index < -0.39 is 6.16 Å². The van der Waals surface area contributed by atoms with Gasteiger partial charge < -0.3 is 19.7 Å². The normalized spacial score (nSPS) is 10.9. The lowest BCUT2D eigenvalue weighted by Crippen LogP contribution is -2.31. The van der Waals surface area contributed by atoms with Gasteiger partial charge in [0.2, 0.25) is 0 Å². The van der Waals surface area contributed by atoms with Gasteiger partial charge in [-0.25, -0.2) is 14.8 Å². The Labute approximate surface area is 244 Å². The number of hydrogen-bond acceptors (Lipinski definition) is 7. The number of nitrogens with zero attached hydrogens (tertiary/aromatic N) is 3. The number of carbonyl (C=O) groups excluding carboxylic acids is 2. The molecule has 4 aromatic carbocycles. The first kappa shape index (κ1) is 28.0. The number of para-hydroxylation sites is 1. The zero-order valence-electron chi connectivity index (χ0n) is 23.1. The third kappa shape index (κ3) is 6.98. The maximum Gasteiger partial charge on any atom is 0.508 e. The van der Waals surface area contributed by atoms with E-state index in [0.29, 0.717) is 23.8 Å². The largest absolute Gasteiger partial charge is 0.508 e. The fourth-order valence-corrected chi connectivity index (χ4v) is 4.48. The Morgan fingerprint density at radius 3 is 2.36 bits per heavy atom. The van der Waals surface area contributed by atoms with Crippen LogP contribution >= 0.6 is 0 Å².